The smallest absolute Gasteiger partial charge is 0.277 e. The van der Waals surface area contributed by atoms with Crippen molar-refractivity contribution in [3.05, 3.63) is 45.2 Å². The molecule has 1 aromatic carbocycles. The zero-order valence-electron chi connectivity index (χ0n) is 12.6. The Morgan fingerprint density at radius 3 is 2.11 bits per heavy atom. The SMILES string of the molecule is FC(F)(F)OC1c2cn(-c3c(Cl)cc(C(F)(F)F)cc3Cl)nc2CC1(F)F. The van der Waals surface area contributed by atoms with Gasteiger partial charge in [-0.1, -0.05) is 23.2 Å². The fourth-order valence-corrected chi connectivity index (χ4v) is 3.33. The Bertz CT molecular complexity index is 867. The van der Waals surface area contributed by atoms with Gasteiger partial charge in [0.1, 0.15) is 5.69 Å². The molecule has 0 fully saturated rings. The van der Waals surface area contributed by atoms with Gasteiger partial charge in [-0.3, -0.25) is 4.74 Å². The maximum absolute atomic E-state index is 13.8. The van der Waals surface area contributed by atoms with Gasteiger partial charge in [-0.15, -0.1) is 13.2 Å². The largest absolute Gasteiger partial charge is 0.523 e. The van der Waals surface area contributed by atoms with Crippen LogP contribution in [0.25, 0.3) is 5.69 Å². The molecule has 1 aliphatic rings. The standard InChI is InChI=1S/C14H6Cl2F8N2O/c15-7-1-5(13(19,20)21)2-8(16)10(7)26-4-6-9(25-26)3-12(17,18)11(6)27-14(22,23)24/h1-2,4,11H,3H2. The summed E-state index contributed by atoms with van der Waals surface area (Å²) in [6, 6.07) is 1.07. The van der Waals surface area contributed by atoms with Crippen LogP contribution >= 0.6 is 23.2 Å². The van der Waals surface area contributed by atoms with Crippen molar-refractivity contribution in [2.24, 2.45) is 0 Å². The molecular formula is C14H6Cl2F8N2O. The first-order valence-electron chi connectivity index (χ1n) is 6.96. The molecule has 27 heavy (non-hydrogen) atoms. The Kier molecular flexibility index (Phi) is 4.64. The fourth-order valence-electron chi connectivity index (χ4n) is 2.67. The van der Waals surface area contributed by atoms with Crippen molar-refractivity contribution in [1.29, 1.82) is 0 Å². The number of ether oxygens (including phenoxy) is 1. The van der Waals surface area contributed by atoms with Crippen LogP contribution in [0, 0.1) is 0 Å². The van der Waals surface area contributed by atoms with E-state index in [2.05, 4.69) is 9.84 Å². The van der Waals surface area contributed by atoms with E-state index in [1.165, 1.54) is 0 Å². The Hall–Kier alpha value is -1.59. The Labute approximate surface area is 155 Å². The van der Waals surface area contributed by atoms with Crippen molar-refractivity contribution in [3.8, 4) is 5.69 Å². The minimum absolute atomic E-state index is 0.296. The molecule has 3 rings (SSSR count). The third-order valence-corrected chi connectivity index (χ3v) is 4.29. The molecule has 2 aromatic rings. The number of benzene rings is 1. The molecule has 148 valence electrons. The van der Waals surface area contributed by atoms with Crippen molar-refractivity contribution in [2.75, 3.05) is 0 Å². The van der Waals surface area contributed by atoms with Gasteiger partial charge in [-0.2, -0.15) is 18.3 Å². The Balaban J connectivity index is 2.05. The van der Waals surface area contributed by atoms with Gasteiger partial charge in [0.15, 0.2) is 6.10 Å². The second kappa shape index (κ2) is 6.21. The minimum atomic E-state index is -5.33. The molecule has 0 radical (unpaired) electrons. The predicted molar refractivity (Wildman–Crippen MR) is 77.1 cm³/mol. The van der Waals surface area contributed by atoms with Gasteiger partial charge in [0.2, 0.25) is 0 Å². The first-order valence-corrected chi connectivity index (χ1v) is 7.72. The van der Waals surface area contributed by atoms with Crippen LogP contribution in [-0.2, 0) is 17.3 Å². The van der Waals surface area contributed by atoms with Crippen molar-refractivity contribution < 1.29 is 39.9 Å². The van der Waals surface area contributed by atoms with Crippen LogP contribution in [-0.4, -0.2) is 22.1 Å². The summed E-state index contributed by atoms with van der Waals surface area (Å²) in [6.45, 7) is 0. The summed E-state index contributed by atoms with van der Waals surface area (Å²) in [4.78, 5) is 0. The lowest BCUT2D eigenvalue weighted by Gasteiger charge is -2.21. The molecule has 1 unspecified atom stereocenters. The van der Waals surface area contributed by atoms with Crippen LogP contribution in [0.1, 0.15) is 22.9 Å². The highest BCUT2D eigenvalue weighted by Crippen LogP contribution is 2.48. The highest BCUT2D eigenvalue weighted by Gasteiger charge is 2.55. The van der Waals surface area contributed by atoms with E-state index in [0.29, 0.717) is 12.1 Å². The molecule has 0 amide bonds. The molecule has 0 aliphatic heterocycles. The second-order valence-corrected chi connectivity index (χ2v) is 6.46. The molecule has 13 heteroatoms. The van der Waals surface area contributed by atoms with Crippen LogP contribution < -0.4 is 0 Å². The van der Waals surface area contributed by atoms with Crippen molar-refractivity contribution in [2.45, 2.75) is 31.0 Å². The first-order chi connectivity index (χ1) is 12.2. The number of nitrogens with zero attached hydrogens (tertiary/aromatic N) is 2. The lowest BCUT2D eigenvalue weighted by molar-refractivity contribution is -0.365. The number of halogens is 10. The molecule has 3 nitrogen and oxygen atoms in total. The number of aromatic nitrogens is 2. The highest BCUT2D eigenvalue weighted by atomic mass is 35.5. The molecule has 1 aromatic heterocycles. The average molecular weight is 441 g/mol. The molecule has 1 heterocycles. The molecular weight excluding hydrogens is 435 g/mol. The molecule has 0 N–H and O–H groups in total. The van der Waals surface area contributed by atoms with Crippen LogP contribution in [0.4, 0.5) is 35.1 Å². The third-order valence-electron chi connectivity index (χ3n) is 3.72. The third kappa shape index (κ3) is 3.85. The van der Waals surface area contributed by atoms with Crippen LogP contribution in [0.2, 0.25) is 10.0 Å². The number of hydrogen-bond donors (Lipinski definition) is 0. The number of fused-ring (bicyclic) bond motifs is 1. The molecule has 0 bridgehead atoms. The van der Waals surface area contributed by atoms with Gasteiger partial charge in [-0.25, -0.2) is 13.5 Å². The first kappa shape index (κ1) is 20.2. The van der Waals surface area contributed by atoms with Gasteiger partial charge >= 0.3 is 12.5 Å². The van der Waals surface area contributed by atoms with E-state index in [1.54, 1.807) is 0 Å². The lowest BCUT2D eigenvalue weighted by Crippen LogP contribution is -2.30. The normalized spacial score (nSPS) is 19.4. The Morgan fingerprint density at radius 1 is 1.07 bits per heavy atom. The van der Waals surface area contributed by atoms with E-state index in [4.69, 9.17) is 23.2 Å². The summed E-state index contributed by atoms with van der Waals surface area (Å²) in [5, 5.41) is 2.65. The molecule has 1 atom stereocenters. The van der Waals surface area contributed by atoms with Gasteiger partial charge in [0, 0.05) is 11.8 Å². The maximum atomic E-state index is 13.8. The quantitative estimate of drug-likeness (QED) is 0.538. The van der Waals surface area contributed by atoms with Gasteiger partial charge in [0.05, 0.1) is 27.7 Å². The van der Waals surface area contributed by atoms with E-state index in [0.717, 1.165) is 10.9 Å². The average Bonchev–Trinajstić information content (AvgIpc) is 2.92. The van der Waals surface area contributed by atoms with Crippen molar-refractivity contribution in [1.82, 2.24) is 9.78 Å². The predicted octanol–water partition coefficient (Wildman–Crippen LogP) is 5.97. The fraction of sp³-hybridized carbons (Fsp3) is 0.357. The van der Waals surface area contributed by atoms with E-state index in [9.17, 15) is 35.1 Å². The van der Waals surface area contributed by atoms with Gasteiger partial charge in [0.25, 0.3) is 5.92 Å². The molecule has 1 aliphatic carbocycles. The summed E-state index contributed by atoms with van der Waals surface area (Å²) in [5.74, 6) is -3.86. The van der Waals surface area contributed by atoms with Crippen molar-refractivity contribution in [3.63, 3.8) is 0 Å². The summed E-state index contributed by atoms with van der Waals surface area (Å²) >= 11 is 11.6. The maximum Gasteiger partial charge on any atom is 0.523 e. The summed E-state index contributed by atoms with van der Waals surface area (Å²) in [5.41, 5.74) is -2.44. The number of hydrogen-bond acceptors (Lipinski definition) is 2. The van der Waals surface area contributed by atoms with Crippen LogP contribution in [0.15, 0.2) is 18.3 Å². The molecule has 0 saturated carbocycles. The van der Waals surface area contributed by atoms with Crippen molar-refractivity contribution >= 4 is 23.2 Å². The molecule has 0 saturated heterocycles. The van der Waals surface area contributed by atoms with Crippen LogP contribution in [0.3, 0.4) is 0 Å². The zero-order valence-corrected chi connectivity index (χ0v) is 14.1. The highest BCUT2D eigenvalue weighted by molar-refractivity contribution is 6.37. The van der Waals surface area contributed by atoms with Gasteiger partial charge < -0.3 is 0 Å². The lowest BCUT2D eigenvalue weighted by atomic mass is 10.2. The summed E-state index contributed by atoms with van der Waals surface area (Å²) < 4.78 is 107. The summed E-state index contributed by atoms with van der Waals surface area (Å²) in [7, 11) is 0. The van der Waals surface area contributed by atoms with Crippen LogP contribution in [0.5, 0.6) is 0 Å². The monoisotopic (exact) mass is 440 g/mol. The number of alkyl halides is 8. The van der Waals surface area contributed by atoms with Gasteiger partial charge in [-0.05, 0) is 12.1 Å². The topological polar surface area (TPSA) is 27.1 Å². The zero-order chi connectivity index (χ0) is 20.4. The van der Waals surface area contributed by atoms with E-state index >= 15 is 0 Å². The van der Waals surface area contributed by atoms with E-state index in [1.807, 2.05) is 0 Å². The minimum Gasteiger partial charge on any atom is -0.277 e. The molecule has 0 spiro atoms. The number of rotatable bonds is 2. The Morgan fingerprint density at radius 2 is 1.63 bits per heavy atom. The second-order valence-electron chi connectivity index (χ2n) is 5.64. The van der Waals surface area contributed by atoms with E-state index < -0.39 is 57.9 Å². The summed E-state index contributed by atoms with van der Waals surface area (Å²) in [6.07, 6.45) is -13.1. The van der Waals surface area contributed by atoms with E-state index in [-0.39, 0.29) is 5.69 Å².